The lowest BCUT2D eigenvalue weighted by molar-refractivity contribution is -0.182. The summed E-state index contributed by atoms with van der Waals surface area (Å²) in [6.45, 7) is 0. The Morgan fingerprint density at radius 1 is 1.19 bits per heavy atom. The average molecular weight is 304 g/mol. The van der Waals surface area contributed by atoms with Crippen LogP contribution in [0.5, 0.6) is 0 Å². The second-order valence-electron chi connectivity index (χ2n) is 5.30. The van der Waals surface area contributed by atoms with E-state index in [-0.39, 0.29) is 43.0 Å². The van der Waals surface area contributed by atoms with Crippen molar-refractivity contribution >= 4 is 11.6 Å². The third kappa shape index (κ3) is 3.86. The molecule has 0 heterocycles. The number of anilines is 1. The summed E-state index contributed by atoms with van der Waals surface area (Å²) in [5.74, 6) is -2.44. The van der Waals surface area contributed by atoms with Crippen LogP contribution in [-0.2, 0) is 0 Å². The molecule has 0 bridgehead atoms. The molecule has 1 aliphatic carbocycles. The highest BCUT2D eigenvalue weighted by molar-refractivity contribution is 5.99. The van der Waals surface area contributed by atoms with Crippen molar-refractivity contribution in [1.82, 2.24) is 5.32 Å². The second-order valence-corrected chi connectivity index (χ2v) is 5.30. The van der Waals surface area contributed by atoms with Gasteiger partial charge in [0.1, 0.15) is 5.82 Å². The number of amides is 1. The first kappa shape index (κ1) is 15.6. The van der Waals surface area contributed by atoms with Crippen molar-refractivity contribution in [2.45, 2.75) is 37.9 Å². The molecule has 1 fully saturated rings. The minimum absolute atomic E-state index is 0.00687. The van der Waals surface area contributed by atoms with Crippen LogP contribution in [0.15, 0.2) is 18.2 Å². The van der Waals surface area contributed by atoms with Crippen molar-refractivity contribution in [1.29, 1.82) is 0 Å². The number of hydrogen-bond acceptors (Lipinski definition) is 2. The summed E-state index contributed by atoms with van der Waals surface area (Å²) in [4.78, 5) is 12.0. The van der Waals surface area contributed by atoms with Crippen molar-refractivity contribution in [3.8, 4) is 0 Å². The Hall–Kier alpha value is -1.79. The third-order valence-electron chi connectivity index (χ3n) is 3.79. The molecule has 1 saturated carbocycles. The highest BCUT2D eigenvalue weighted by Crippen LogP contribution is 2.37. The molecule has 0 saturated heterocycles. The number of nitrogen functional groups attached to an aromatic ring is 1. The van der Waals surface area contributed by atoms with E-state index in [0.717, 1.165) is 12.1 Å². The van der Waals surface area contributed by atoms with Crippen LogP contribution in [0.3, 0.4) is 0 Å². The fourth-order valence-corrected chi connectivity index (χ4v) is 2.55. The number of carbonyl (C=O) groups excluding carboxylic acids is 1. The molecule has 0 radical (unpaired) electrons. The molecule has 7 heteroatoms. The zero-order valence-corrected chi connectivity index (χ0v) is 11.2. The van der Waals surface area contributed by atoms with Gasteiger partial charge in [-0.05, 0) is 43.9 Å². The molecule has 116 valence electrons. The average Bonchev–Trinajstić information content (AvgIpc) is 2.41. The molecule has 0 unspecified atom stereocenters. The SMILES string of the molecule is Nc1ccc(F)cc1C(=O)NC1CCC(C(F)(F)F)CC1. The topological polar surface area (TPSA) is 55.1 Å². The van der Waals surface area contributed by atoms with Gasteiger partial charge in [-0.2, -0.15) is 13.2 Å². The summed E-state index contributed by atoms with van der Waals surface area (Å²) < 4.78 is 50.8. The Morgan fingerprint density at radius 2 is 1.81 bits per heavy atom. The first-order valence-electron chi connectivity index (χ1n) is 6.70. The predicted molar refractivity (Wildman–Crippen MR) is 70.1 cm³/mol. The van der Waals surface area contributed by atoms with E-state index in [1.165, 1.54) is 6.07 Å². The highest BCUT2D eigenvalue weighted by Gasteiger charge is 2.41. The molecule has 1 aliphatic rings. The standard InChI is InChI=1S/C14H16F4N2O/c15-9-3-6-12(19)11(7-9)13(21)20-10-4-1-8(2-5-10)14(16,17)18/h3,6-8,10H,1-2,4-5,19H2,(H,20,21). The monoisotopic (exact) mass is 304 g/mol. The predicted octanol–water partition coefficient (Wildman–Crippen LogP) is 3.26. The molecule has 1 aromatic rings. The van der Waals surface area contributed by atoms with Crippen molar-refractivity contribution in [2.24, 2.45) is 5.92 Å². The van der Waals surface area contributed by atoms with Gasteiger partial charge in [-0.15, -0.1) is 0 Å². The van der Waals surface area contributed by atoms with Gasteiger partial charge < -0.3 is 11.1 Å². The summed E-state index contributed by atoms with van der Waals surface area (Å²) >= 11 is 0. The molecule has 3 nitrogen and oxygen atoms in total. The Balaban J connectivity index is 1.94. The molecule has 21 heavy (non-hydrogen) atoms. The molecule has 1 amide bonds. The van der Waals surface area contributed by atoms with Gasteiger partial charge in [0.15, 0.2) is 0 Å². The first-order chi connectivity index (χ1) is 9.77. The molecular formula is C14H16F4N2O. The summed E-state index contributed by atoms with van der Waals surface area (Å²) in [6, 6.07) is 3.11. The van der Waals surface area contributed by atoms with Crippen LogP contribution < -0.4 is 11.1 Å². The molecule has 0 aliphatic heterocycles. The van der Waals surface area contributed by atoms with Crippen LogP contribution in [0, 0.1) is 11.7 Å². The number of nitrogens with two attached hydrogens (primary N) is 1. The van der Waals surface area contributed by atoms with E-state index in [1.807, 2.05) is 0 Å². The maximum absolute atomic E-state index is 13.1. The lowest BCUT2D eigenvalue weighted by Gasteiger charge is -2.30. The van der Waals surface area contributed by atoms with E-state index in [9.17, 15) is 22.4 Å². The van der Waals surface area contributed by atoms with E-state index < -0.39 is 23.8 Å². The third-order valence-corrected chi connectivity index (χ3v) is 3.79. The highest BCUT2D eigenvalue weighted by atomic mass is 19.4. The summed E-state index contributed by atoms with van der Waals surface area (Å²) in [6.07, 6.45) is -3.68. The largest absolute Gasteiger partial charge is 0.398 e. The number of rotatable bonds is 2. The number of alkyl halides is 3. The smallest absolute Gasteiger partial charge is 0.391 e. The fourth-order valence-electron chi connectivity index (χ4n) is 2.55. The number of benzene rings is 1. The molecule has 0 spiro atoms. The number of carbonyl (C=O) groups is 1. The van der Waals surface area contributed by atoms with Crippen molar-refractivity contribution in [2.75, 3.05) is 5.73 Å². The maximum Gasteiger partial charge on any atom is 0.391 e. The van der Waals surface area contributed by atoms with Crippen LogP contribution in [0.4, 0.5) is 23.2 Å². The second kappa shape index (κ2) is 5.91. The quantitative estimate of drug-likeness (QED) is 0.651. The van der Waals surface area contributed by atoms with Gasteiger partial charge in [0, 0.05) is 11.7 Å². The Bertz CT molecular complexity index is 522. The van der Waals surface area contributed by atoms with Crippen molar-refractivity contribution in [3.63, 3.8) is 0 Å². The fraction of sp³-hybridized carbons (Fsp3) is 0.500. The summed E-state index contributed by atoms with van der Waals surface area (Å²) in [5.41, 5.74) is 5.74. The van der Waals surface area contributed by atoms with Crippen molar-refractivity contribution in [3.05, 3.63) is 29.6 Å². The minimum atomic E-state index is -4.18. The number of hydrogen-bond donors (Lipinski definition) is 2. The summed E-state index contributed by atoms with van der Waals surface area (Å²) in [5, 5.41) is 2.62. The zero-order valence-electron chi connectivity index (χ0n) is 11.2. The van der Waals surface area contributed by atoms with E-state index in [1.54, 1.807) is 0 Å². The van der Waals surface area contributed by atoms with Crippen LogP contribution in [0.2, 0.25) is 0 Å². The molecule has 1 aromatic carbocycles. The van der Waals surface area contributed by atoms with Gasteiger partial charge in [-0.25, -0.2) is 4.39 Å². The Labute approximate surface area is 119 Å². The Kier molecular flexibility index (Phi) is 4.39. The zero-order chi connectivity index (χ0) is 15.6. The number of nitrogens with one attached hydrogen (secondary N) is 1. The van der Waals surface area contributed by atoms with Gasteiger partial charge >= 0.3 is 6.18 Å². The molecule has 2 rings (SSSR count). The normalized spacial score (nSPS) is 22.9. The van der Waals surface area contributed by atoms with Gasteiger partial charge in [0.25, 0.3) is 5.91 Å². The molecule has 0 atom stereocenters. The van der Waals surface area contributed by atoms with Crippen LogP contribution >= 0.6 is 0 Å². The van der Waals surface area contributed by atoms with E-state index in [2.05, 4.69) is 5.32 Å². The first-order valence-corrected chi connectivity index (χ1v) is 6.70. The van der Waals surface area contributed by atoms with E-state index in [0.29, 0.717) is 0 Å². The van der Waals surface area contributed by atoms with Gasteiger partial charge in [-0.3, -0.25) is 4.79 Å². The Morgan fingerprint density at radius 3 is 2.38 bits per heavy atom. The van der Waals surface area contributed by atoms with E-state index >= 15 is 0 Å². The van der Waals surface area contributed by atoms with Crippen LogP contribution in [0.25, 0.3) is 0 Å². The number of halogens is 4. The summed E-state index contributed by atoms with van der Waals surface area (Å²) in [7, 11) is 0. The van der Waals surface area contributed by atoms with Crippen LogP contribution in [0.1, 0.15) is 36.0 Å². The maximum atomic E-state index is 13.1. The van der Waals surface area contributed by atoms with Gasteiger partial charge in [-0.1, -0.05) is 0 Å². The molecule has 0 aromatic heterocycles. The molecule has 3 N–H and O–H groups in total. The minimum Gasteiger partial charge on any atom is -0.398 e. The van der Waals surface area contributed by atoms with Crippen molar-refractivity contribution < 1.29 is 22.4 Å². The van der Waals surface area contributed by atoms with Gasteiger partial charge in [0.05, 0.1) is 11.5 Å². The van der Waals surface area contributed by atoms with Gasteiger partial charge in [0.2, 0.25) is 0 Å². The van der Waals surface area contributed by atoms with E-state index in [4.69, 9.17) is 5.73 Å². The molecular weight excluding hydrogens is 288 g/mol. The lowest BCUT2D eigenvalue weighted by atomic mass is 9.85. The van der Waals surface area contributed by atoms with Crippen LogP contribution in [-0.4, -0.2) is 18.1 Å². The lowest BCUT2D eigenvalue weighted by Crippen LogP contribution is -2.40.